The van der Waals surface area contributed by atoms with Gasteiger partial charge in [-0.3, -0.25) is 9.69 Å². The van der Waals surface area contributed by atoms with E-state index >= 15 is 0 Å². The van der Waals surface area contributed by atoms with Crippen molar-refractivity contribution in [1.82, 2.24) is 9.80 Å². The lowest BCUT2D eigenvalue weighted by Crippen LogP contribution is -2.46. The first-order valence-electron chi connectivity index (χ1n) is 10.5. The van der Waals surface area contributed by atoms with Gasteiger partial charge in [-0.25, -0.2) is 0 Å². The molecule has 2 aliphatic heterocycles. The van der Waals surface area contributed by atoms with Crippen LogP contribution < -0.4 is 9.47 Å². The number of carbonyl (C=O) groups is 1. The number of amides is 1. The van der Waals surface area contributed by atoms with Crippen LogP contribution in [0.5, 0.6) is 11.5 Å². The van der Waals surface area contributed by atoms with Gasteiger partial charge >= 0.3 is 0 Å². The standard InChI is InChI=1S/C24H30N2O3/c1-28-22-10-9-18(14-23(22)29-2)15-25-12-5-8-21(16-25)24(27)26-13-11-19-6-3-4-7-20(19)17-26/h3-4,6-7,9-10,14,21H,5,8,11-13,15-17H2,1-2H3/t21-/m1/s1. The zero-order valence-electron chi connectivity index (χ0n) is 17.4. The zero-order valence-corrected chi connectivity index (χ0v) is 17.4. The van der Waals surface area contributed by atoms with Gasteiger partial charge < -0.3 is 14.4 Å². The molecule has 1 amide bonds. The van der Waals surface area contributed by atoms with Crippen molar-refractivity contribution in [1.29, 1.82) is 0 Å². The Balaban J connectivity index is 1.39. The van der Waals surface area contributed by atoms with Crippen LogP contribution in [0.2, 0.25) is 0 Å². The molecule has 0 aromatic heterocycles. The van der Waals surface area contributed by atoms with E-state index in [9.17, 15) is 4.79 Å². The third-order valence-electron chi connectivity index (χ3n) is 6.15. The molecule has 154 valence electrons. The molecule has 0 N–H and O–H groups in total. The first-order valence-corrected chi connectivity index (χ1v) is 10.5. The van der Waals surface area contributed by atoms with E-state index < -0.39 is 0 Å². The average molecular weight is 395 g/mol. The molecule has 0 saturated carbocycles. The molecule has 2 aromatic rings. The molecule has 2 aromatic carbocycles. The summed E-state index contributed by atoms with van der Waals surface area (Å²) in [6.45, 7) is 4.27. The fourth-order valence-corrected chi connectivity index (χ4v) is 4.58. The van der Waals surface area contributed by atoms with Crippen LogP contribution in [0, 0.1) is 5.92 Å². The number of benzene rings is 2. The van der Waals surface area contributed by atoms with Crippen molar-refractivity contribution in [3.05, 3.63) is 59.2 Å². The molecule has 0 radical (unpaired) electrons. The molecular formula is C24H30N2O3. The molecule has 5 heteroatoms. The fraction of sp³-hybridized carbons (Fsp3) is 0.458. The number of likely N-dealkylation sites (tertiary alicyclic amines) is 1. The molecule has 0 bridgehead atoms. The highest BCUT2D eigenvalue weighted by molar-refractivity contribution is 5.79. The van der Waals surface area contributed by atoms with E-state index in [-0.39, 0.29) is 5.92 Å². The Bertz CT molecular complexity index is 867. The van der Waals surface area contributed by atoms with E-state index in [4.69, 9.17) is 9.47 Å². The summed E-state index contributed by atoms with van der Waals surface area (Å²) < 4.78 is 10.8. The van der Waals surface area contributed by atoms with Crippen molar-refractivity contribution in [2.45, 2.75) is 32.4 Å². The Kier molecular flexibility index (Phi) is 6.05. The van der Waals surface area contributed by atoms with Gasteiger partial charge in [-0.2, -0.15) is 0 Å². The quantitative estimate of drug-likeness (QED) is 0.778. The van der Waals surface area contributed by atoms with E-state index in [0.717, 1.165) is 63.5 Å². The second kappa shape index (κ2) is 8.87. The predicted molar refractivity (Wildman–Crippen MR) is 113 cm³/mol. The lowest BCUT2D eigenvalue weighted by atomic mass is 9.93. The van der Waals surface area contributed by atoms with Crippen LogP contribution in [0.15, 0.2) is 42.5 Å². The zero-order chi connectivity index (χ0) is 20.2. The van der Waals surface area contributed by atoms with Crippen molar-refractivity contribution in [3.8, 4) is 11.5 Å². The van der Waals surface area contributed by atoms with Crippen molar-refractivity contribution in [2.24, 2.45) is 5.92 Å². The molecule has 2 aliphatic rings. The van der Waals surface area contributed by atoms with Gasteiger partial charge in [-0.05, 0) is 54.6 Å². The number of hydrogen-bond donors (Lipinski definition) is 0. The van der Waals surface area contributed by atoms with Gasteiger partial charge in [0, 0.05) is 26.2 Å². The lowest BCUT2D eigenvalue weighted by Gasteiger charge is -2.36. The van der Waals surface area contributed by atoms with Crippen LogP contribution in [0.1, 0.15) is 29.5 Å². The van der Waals surface area contributed by atoms with E-state index in [1.807, 2.05) is 12.1 Å². The molecule has 1 saturated heterocycles. The molecular weight excluding hydrogens is 364 g/mol. The summed E-state index contributed by atoms with van der Waals surface area (Å²) in [6, 6.07) is 14.6. The van der Waals surface area contributed by atoms with E-state index in [1.54, 1.807) is 14.2 Å². The third-order valence-corrected chi connectivity index (χ3v) is 6.15. The van der Waals surface area contributed by atoms with Gasteiger partial charge in [0.05, 0.1) is 20.1 Å². The number of piperidine rings is 1. The average Bonchev–Trinajstić information content (AvgIpc) is 2.78. The molecule has 1 atom stereocenters. The minimum atomic E-state index is 0.0918. The second-order valence-electron chi connectivity index (χ2n) is 8.04. The smallest absolute Gasteiger partial charge is 0.227 e. The summed E-state index contributed by atoms with van der Waals surface area (Å²) >= 11 is 0. The van der Waals surface area contributed by atoms with Gasteiger partial charge in [-0.1, -0.05) is 30.3 Å². The SMILES string of the molecule is COc1ccc(CN2CCC[C@@H](C(=O)N3CCc4ccccc4C3)C2)cc1OC. The molecule has 5 nitrogen and oxygen atoms in total. The summed E-state index contributed by atoms with van der Waals surface area (Å²) in [5.74, 6) is 1.90. The van der Waals surface area contributed by atoms with Gasteiger partial charge in [0.25, 0.3) is 0 Å². The van der Waals surface area contributed by atoms with Crippen molar-refractivity contribution < 1.29 is 14.3 Å². The fourth-order valence-electron chi connectivity index (χ4n) is 4.58. The molecule has 0 spiro atoms. The highest BCUT2D eigenvalue weighted by Crippen LogP contribution is 2.29. The largest absolute Gasteiger partial charge is 0.493 e. The van der Waals surface area contributed by atoms with Gasteiger partial charge in [0.15, 0.2) is 11.5 Å². The molecule has 1 fully saturated rings. The van der Waals surface area contributed by atoms with Crippen LogP contribution >= 0.6 is 0 Å². The minimum absolute atomic E-state index is 0.0918. The number of nitrogens with zero attached hydrogens (tertiary/aromatic N) is 2. The van der Waals surface area contributed by atoms with Gasteiger partial charge in [-0.15, -0.1) is 0 Å². The number of carbonyl (C=O) groups excluding carboxylic acids is 1. The summed E-state index contributed by atoms with van der Waals surface area (Å²) in [5.41, 5.74) is 3.86. The molecule has 2 heterocycles. The molecule has 4 rings (SSSR count). The Morgan fingerprint density at radius 1 is 1.03 bits per heavy atom. The topological polar surface area (TPSA) is 42.0 Å². The van der Waals surface area contributed by atoms with E-state index in [1.165, 1.54) is 16.7 Å². The number of fused-ring (bicyclic) bond motifs is 1. The third kappa shape index (κ3) is 4.40. The normalized spacial score (nSPS) is 19.5. The second-order valence-corrected chi connectivity index (χ2v) is 8.04. The van der Waals surface area contributed by atoms with Crippen LogP contribution in [-0.2, 0) is 24.3 Å². The Morgan fingerprint density at radius 2 is 1.83 bits per heavy atom. The Morgan fingerprint density at radius 3 is 2.62 bits per heavy atom. The molecule has 0 unspecified atom stereocenters. The van der Waals surface area contributed by atoms with Crippen LogP contribution in [-0.4, -0.2) is 49.6 Å². The number of ether oxygens (including phenoxy) is 2. The predicted octanol–water partition coefficient (Wildman–Crippen LogP) is 3.50. The summed E-state index contributed by atoms with van der Waals surface area (Å²) in [4.78, 5) is 17.7. The van der Waals surface area contributed by atoms with Crippen LogP contribution in [0.3, 0.4) is 0 Å². The highest BCUT2D eigenvalue weighted by Gasteiger charge is 2.31. The minimum Gasteiger partial charge on any atom is -0.493 e. The van der Waals surface area contributed by atoms with Crippen LogP contribution in [0.4, 0.5) is 0 Å². The molecule has 29 heavy (non-hydrogen) atoms. The number of methoxy groups -OCH3 is 2. The van der Waals surface area contributed by atoms with Crippen LogP contribution in [0.25, 0.3) is 0 Å². The maximum absolute atomic E-state index is 13.2. The van der Waals surface area contributed by atoms with E-state index in [0.29, 0.717) is 5.91 Å². The van der Waals surface area contributed by atoms with Gasteiger partial charge in [0.1, 0.15) is 0 Å². The monoisotopic (exact) mass is 394 g/mol. The van der Waals surface area contributed by atoms with Gasteiger partial charge in [0.2, 0.25) is 5.91 Å². The van der Waals surface area contributed by atoms with Crippen molar-refractivity contribution in [2.75, 3.05) is 33.9 Å². The first-order chi connectivity index (χ1) is 14.2. The summed E-state index contributed by atoms with van der Waals surface area (Å²) in [6.07, 6.45) is 3.01. The summed E-state index contributed by atoms with van der Waals surface area (Å²) in [5, 5.41) is 0. The van der Waals surface area contributed by atoms with E-state index in [2.05, 4.69) is 40.1 Å². The summed E-state index contributed by atoms with van der Waals surface area (Å²) in [7, 11) is 3.31. The van der Waals surface area contributed by atoms with Crippen molar-refractivity contribution in [3.63, 3.8) is 0 Å². The molecule has 0 aliphatic carbocycles. The number of hydrogen-bond acceptors (Lipinski definition) is 4. The Labute approximate surface area is 173 Å². The maximum atomic E-state index is 13.2. The lowest BCUT2D eigenvalue weighted by molar-refractivity contribution is -0.138. The Hall–Kier alpha value is -2.53. The first kappa shape index (κ1) is 19.8. The number of rotatable bonds is 5. The maximum Gasteiger partial charge on any atom is 0.227 e. The highest BCUT2D eigenvalue weighted by atomic mass is 16.5. The van der Waals surface area contributed by atoms with Crippen molar-refractivity contribution >= 4 is 5.91 Å².